The number of aromatic hydroxyl groups is 1. The number of hydrogen-bond acceptors (Lipinski definition) is 4. The molecule has 0 spiro atoms. The number of phenols is 1. The molecule has 1 saturated heterocycles. The topological polar surface area (TPSA) is 53.0 Å². The Labute approximate surface area is 136 Å². The Kier molecular flexibility index (Phi) is 6.36. The van der Waals surface area contributed by atoms with Gasteiger partial charge < -0.3 is 19.6 Å². The van der Waals surface area contributed by atoms with E-state index in [9.17, 15) is 14.3 Å². The summed E-state index contributed by atoms with van der Waals surface area (Å²) in [6, 6.07) is 4.07. The van der Waals surface area contributed by atoms with Crippen LogP contribution in [0.1, 0.15) is 12.0 Å². The maximum absolute atomic E-state index is 13.3. The second kappa shape index (κ2) is 8.26. The summed E-state index contributed by atoms with van der Waals surface area (Å²) in [6.07, 6.45) is 1.23. The van der Waals surface area contributed by atoms with E-state index >= 15 is 0 Å². The molecular formula is C17H25FN2O3. The van der Waals surface area contributed by atoms with Crippen LogP contribution in [0.25, 0.3) is 0 Å². The van der Waals surface area contributed by atoms with Crippen LogP contribution < -0.4 is 0 Å². The van der Waals surface area contributed by atoms with Gasteiger partial charge in [-0.2, -0.15) is 0 Å². The number of carbonyl (C=O) groups excluding carboxylic acids is 1. The number of amides is 1. The zero-order valence-corrected chi connectivity index (χ0v) is 13.8. The molecule has 0 radical (unpaired) electrons. The van der Waals surface area contributed by atoms with E-state index in [1.54, 1.807) is 25.1 Å². The number of rotatable bonds is 7. The molecule has 2 rings (SSSR count). The molecule has 0 saturated carbocycles. The van der Waals surface area contributed by atoms with Gasteiger partial charge >= 0.3 is 0 Å². The Morgan fingerprint density at radius 1 is 1.52 bits per heavy atom. The van der Waals surface area contributed by atoms with E-state index in [1.807, 2.05) is 0 Å². The monoisotopic (exact) mass is 324 g/mol. The third kappa shape index (κ3) is 5.18. The largest absolute Gasteiger partial charge is 0.505 e. The van der Waals surface area contributed by atoms with Crippen molar-refractivity contribution in [3.8, 4) is 5.75 Å². The van der Waals surface area contributed by atoms with E-state index in [2.05, 4.69) is 4.90 Å². The smallest absolute Gasteiger partial charge is 0.226 e. The lowest BCUT2D eigenvalue weighted by Crippen LogP contribution is -2.34. The number of likely N-dealkylation sites (tertiary alicyclic amines) is 1. The standard InChI is InChI=1S/C17H25FN2O3/c1-19(11-14-5-6-20(12-14)7-8-23-2)17(22)10-13-3-4-16(21)15(18)9-13/h3-4,9,14,21H,5-8,10-12H2,1-2H3/t14-/m0/s1. The fourth-order valence-electron chi connectivity index (χ4n) is 2.94. The molecular weight excluding hydrogens is 299 g/mol. The molecule has 1 aliphatic rings. The average molecular weight is 324 g/mol. The lowest BCUT2D eigenvalue weighted by molar-refractivity contribution is -0.129. The number of hydrogen-bond donors (Lipinski definition) is 1. The van der Waals surface area contributed by atoms with Gasteiger partial charge in [0.2, 0.25) is 5.91 Å². The molecule has 1 N–H and O–H groups in total. The van der Waals surface area contributed by atoms with Crippen LogP contribution in [0.15, 0.2) is 18.2 Å². The summed E-state index contributed by atoms with van der Waals surface area (Å²) in [6.45, 7) is 4.39. The molecule has 0 bridgehead atoms. The number of halogens is 1. The molecule has 1 amide bonds. The lowest BCUT2D eigenvalue weighted by atomic mass is 10.1. The number of phenolic OH excluding ortho intramolecular Hbond substituents is 1. The quantitative estimate of drug-likeness (QED) is 0.826. The fourth-order valence-corrected chi connectivity index (χ4v) is 2.94. The summed E-state index contributed by atoms with van der Waals surface area (Å²) in [7, 11) is 3.49. The van der Waals surface area contributed by atoms with Crippen molar-refractivity contribution in [3.05, 3.63) is 29.6 Å². The van der Waals surface area contributed by atoms with Gasteiger partial charge in [-0.1, -0.05) is 6.07 Å². The highest BCUT2D eigenvalue weighted by Gasteiger charge is 2.24. The van der Waals surface area contributed by atoms with Crippen LogP contribution in [0.3, 0.4) is 0 Å². The van der Waals surface area contributed by atoms with Gasteiger partial charge in [0.05, 0.1) is 13.0 Å². The van der Waals surface area contributed by atoms with Crippen molar-refractivity contribution >= 4 is 5.91 Å². The molecule has 1 atom stereocenters. The molecule has 0 unspecified atom stereocenters. The molecule has 128 valence electrons. The molecule has 1 aromatic carbocycles. The van der Waals surface area contributed by atoms with E-state index in [4.69, 9.17) is 4.74 Å². The van der Waals surface area contributed by atoms with Crippen molar-refractivity contribution in [1.82, 2.24) is 9.80 Å². The Morgan fingerprint density at radius 2 is 2.30 bits per heavy atom. The zero-order chi connectivity index (χ0) is 16.8. The molecule has 5 nitrogen and oxygen atoms in total. The number of carbonyl (C=O) groups is 1. The van der Waals surface area contributed by atoms with Gasteiger partial charge in [-0.25, -0.2) is 4.39 Å². The first-order chi connectivity index (χ1) is 11.0. The number of likely N-dealkylation sites (N-methyl/N-ethyl adjacent to an activating group) is 1. The summed E-state index contributed by atoms with van der Waals surface area (Å²) in [5.74, 6) is -0.651. The second-order valence-corrected chi connectivity index (χ2v) is 6.18. The zero-order valence-electron chi connectivity index (χ0n) is 13.8. The van der Waals surface area contributed by atoms with Crippen LogP contribution in [0.2, 0.25) is 0 Å². The third-order valence-corrected chi connectivity index (χ3v) is 4.31. The van der Waals surface area contributed by atoms with E-state index in [0.717, 1.165) is 32.7 Å². The Bertz CT molecular complexity index is 539. The van der Waals surface area contributed by atoms with Gasteiger partial charge in [-0.3, -0.25) is 4.79 Å². The molecule has 0 aromatic heterocycles. The molecule has 1 aromatic rings. The van der Waals surface area contributed by atoms with Gasteiger partial charge in [0.25, 0.3) is 0 Å². The maximum Gasteiger partial charge on any atom is 0.226 e. The second-order valence-electron chi connectivity index (χ2n) is 6.18. The highest BCUT2D eigenvalue weighted by molar-refractivity contribution is 5.78. The molecule has 6 heteroatoms. The third-order valence-electron chi connectivity index (χ3n) is 4.31. The maximum atomic E-state index is 13.3. The summed E-state index contributed by atoms with van der Waals surface area (Å²) >= 11 is 0. The lowest BCUT2D eigenvalue weighted by Gasteiger charge is -2.22. The highest BCUT2D eigenvalue weighted by atomic mass is 19.1. The van der Waals surface area contributed by atoms with Gasteiger partial charge in [-0.05, 0) is 36.6 Å². The first kappa shape index (κ1) is 17.7. The predicted molar refractivity (Wildman–Crippen MR) is 85.8 cm³/mol. The van der Waals surface area contributed by atoms with Crippen molar-refractivity contribution < 1.29 is 19.0 Å². The number of ether oxygens (including phenoxy) is 1. The van der Waals surface area contributed by atoms with Crippen LogP contribution in [-0.2, 0) is 16.0 Å². The average Bonchev–Trinajstić information content (AvgIpc) is 2.96. The summed E-state index contributed by atoms with van der Waals surface area (Å²) in [5.41, 5.74) is 0.574. The Balaban J connectivity index is 1.80. The van der Waals surface area contributed by atoms with Crippen LogP contribution in [-0.4, -0.2) is 67.8 Å². The molecule has 0 aliphatic carbocycles. The first-order valence-electron chi connectivity index (χ1n) is 7.92. The molecule has 1 fully saturated rings. The number of benzene rings is 1. The van der Waals surface area contributed by atoms with Crippen LogP contribution in [0.5, 0.6) is 5.75 Å². The van der Waals surface area contributed by atoms with Crippen LogP contribution in [0, 0.1) is 11.7 Å². The minimum atomic E-state index is -0.692. The molecule has 23 heavy (non-hydrogen) atoms. The summed E-state index contributed by atoms with van der Waals surface area (Å²) in [4.78, 5) is 16.3. The highest BCUT2D eigenvalue weighted by Crippen LogP contribution is 2.19. The van der Waals surface area contributed by atoms with Crippen LogP contribution in [0.4, 0.5) is 4.39 Å². The van der Waals surface area contributed by atoms with Crippen molar-refractivity contribution in [2.45, 2.75) is 12.8 Å². The number of nitrogens with zero attached hydrogens (tertiary/aromatic N) is 2. The fraction of sp³-hybridized carbons (Fsp3) is 0.588. The van der Waals surface area contributed by atoms with Gasteiger partial charge in [-0.15, -0.1) is 0 Å². The molecule has 1 heterocycles. The summed E-state index contributed by atoms with van der Waals surface area (Å²) in [5, 5.41) is 9.18. The minimum Gasteiger partial charge on any atom is -0.505 e. The SMILES string of the molecule is COCCN1CC[C@@H](CN(C)C(=O)Cc2ccc(O)c(F)c2)C1. The van der Waals surface area contributed by atoms with Gasteiger partial charge in [0.1, 0.15) is 0 Å². The summed E-state index contributed by atoms with van der Waals surface area (Å²) < 4.78 is 18.4. The predicted octanol–water partition coefficient (Wildman–Crippen LogP) is 1.50. The van der Waals surface area contributed by atoms with E-state index in [0.29, 0.717) is 18.0 Å². The molecule has 1 aliphatic heterocycles. The van der Waals surface area contributed by atoms with Crippen molar-refractivity contribution in [2.24, 2.45) is 5.92 Å². The Morgan fingerprint density at radius 3 is 3.00 bits per heavy atom. The van der Waals surface area contributed by atoms with E-state index in [1.165, 1.54) is 12.1 Å². The Hall–Kier alpha value is -1.66. The van der Waals surface area contributed by atoms with Gasteiger partial charge in [0.15, 0.2) is 11.6 Å². The minimum absolute atomic E-state index is 0.0366. The van der Waals surface area contributed by atoms with Crippen molar-refractivity contribution in [1.29, 1.82) is 0 Å². The van der Waals surface area contributed by atoms with Crippen LogP contribution >= 0.6 is 0 Å². The van der Waals surface area contributed by atoms with Crippen molar-refractivity contribution in [2.75, 3.05) is 46.9 Å². The van der Waals surface area contributed by atoms with E-state index < -0.39 is 11.6 Å². The van der Waals surface area contributed by atoms with E-state index in [-0.39, 0.29) is 12.3 Å². The van der Waals surface area contributed by atoms with Gasteiger partial charge in [0, 0.05) is 33.8 Å². The normalized spacial score (nSPS) is 18.3. The first-order valence-corrected chi connectivity index (χ1v) is 7.92. The van der Waals surface area contributed by atoms with Crippen molar-refractivity contribution in [3.63, 3.8) is 0 Å². The number of methoxy groups -OCH3 is 1.